The molecule has 8 nitrogen and oxygen atoms in total. The van der Waals surface area contributed by atoms with E-state index >= 15 is 0 Å². The van der Waals surface area contributed by atoms with Gasteiger partial charge in [0.25, 0.3) is 5.91 Å². The first-order valence-corrected chi connectivity index (χ1v) is 10.3. The predicted octanol–water partition coefficient (Wildman–Crippen LogP) is 4.18. The maximum atomic E-state index is 14.1. The van der Waals surface area contributed by atoms with E-state index in [4.69, 9.17) is 0 Å². The van der Waals surface area contributed by atoms with Crippen molar-refractivity contribution in [1.29, 1.82) is 0 Å². The molecule has 1 aliphatic carbocycles. The van der Waals surface area contributed by atoms with Gasteiger partial charge < -0.3 is 20.5 Å². The fraction of sp³-hybridized carbons (Fsp3) is 0.217. The number of aromatic nitrogens is 3. The number of ketones is 1. The Morgan fingerprint density at radius 3 is 2.70 bits per heavy atom. The van der Waals surface area contributed by atoms with E-state index in [1.807, 2.05) is 30.7 Å². The van der Waals surface area contributed by atoms with E-state index in [-0.39, 0.29) is 34.7 Å². The van der Waals surface area contributed by atoms with Gasteiger partial charge in [-0.05, 0) is 24.6 Å². The number of aryl methyl sites for hydroxylation is 1. The first kappa shape index (κ1) is 22.1. The molecule has 1 unspecified atom stereocenters. The van der Waals surface area contributed by atoms with Gasteiger partial charge in [0.05, 0.1) is 22.6 Å². The number of fused-ring (bicyclic) bond motifs is 1. The average Bonchev–Trinajstić information content (AvgIpc) is 3.11. The summed E-state index contributed by atoms with van der Waals surface area (Å²) in [5, 5.41) is 8.28. The smallest absolute Gasteiger partial charge is 0.256 e. The largest absolute Gasteiger partial charge is 0.355 e. The Morgan fingerprint density at radius 1 is 1.21 bits per heavy atom. The molecule has 0 aliphatic heterocycles. The number of Topliss-reactive ketones (excluding diaryl/α,β-unsaturated/α-hetero) is 1. The summed E-state index contributed by atoms with van der Waals surface area (Å²) in [5.41, 5.74) is 1.84. The molecule has 1 atom stereocenters. The van der Waals surface area contributed by atoms with Crippen LogP contribution in [0.15, 0.2) is 36.7 Å². The second-order valence-electron chi connectivity index (χ2n) is 7.56. The topological polar surface area (TPSA) is 101 Å². The number of hydrogen-bond donors (Lipinski definition) is 3. The third kappa shape index (κ3) is 4.19. The quantitative estimate of drug-likeness (QED) is 0.519. The van der Waals surface area contributed by atoms with Gasteiger partial charge in [-0.3, -0.25) is 9.59 Å². The van der Waals surface area contributed by atoms with Gasteiger partial charge in [-0.2, -0.15) is 4.98 Å². The SMILES string of the molecule is CCC1C=Cc2c(c(Nc3nc(Nc4ccc(F)cc4F)ncc3C(=O)NC)cn2C)C1=O. The lowest BCUT2D eigenvalue weighted by Crippen LogP contribution is -2.21. The first-order chi connectivity index (χ1) is 15.8. The summed E-state index contributed by atoms with van der Waals surface area (Å²) in [5.74, 6) is -2.13. The Morgan fingerprint density at radius 2 is 2.00 bits per heavy atom. The molecule has 170 valence electrons. The van der Waals surface area contributed by atoms with Crippen LogP contribution in [0.2, 0.25) is 0 Å². The number of nitrogens with one attached hydrogen (secondary N) is 3. The van der Waals surface area contributed by atoms with Crippen LogP contribution >= 0.6 is 0 Å². The highest BCUT2D eigenvalue weighted by molar-refractivity contribution is 6.09. The van der Waals surface area contributed by atoms with Gasteiger partial charge in [-0.1, -0.05) is 13.0 Å². The summed E-state index contributed by atoms with van der Waals surface area (Å²) in [6.07, 6.45) is 7.48. The van der Waals surface area contributed by atoms with Crippen molar-refractivity contribution in [1.82, 2.24) is 19.9 Å². The van der Waals surface area contributed by atoms with Gasteiger partial charge in [0.15, 0.2) is 5.78 Å². The molecule has 0 bridgehead atoms. The second kappa shape index (κ2) is 8.81. The Balaban J connectivity index is 1.74. The minimum atomic E-state index is -0.816. The first-order valence-electron chi connectivity index (χ1n) is 10.3. The molecule has 0 saturated carbocycles. The molecule has 2 heterocycles. The van der Waals surface area contributed by atoms with Crippen LogP contribution in [0.4, 0.5) is 31.9 Å². The molecule has 0 fully saturated rings. The maximum Gasteiger partial charge on any atom is 0.256 e. The zero-order valence-corrected chi connectivity index (χ0v) is 18.2. The minimum Gasteiger partial charge on any atom is -0.355 e. The molecule has 3 N–H and O–H groups in total. The molecule has 10 heteroatoms. The molecule has 1 amide bonds. The molecular formula is C23H22F2N6O2. The highest BCUT2D eigenvalue weighted by atomic mass is 19.1. The zero-order valence-electron chi connectivity index (χ0n) is 18.2. The van der Waals surface area contributed by atoms with Gasteiger partial charge in [-0.15, -0.1) is 0 Å². The Bertz CT molecular complexity index is 1280. The third-order valence-electron chi connectivity index (χ3n) is 5.43. The van der Waals surface area contributed by atoms with E-state index in [0.717, 1.165) is 17.8 Å². The van der Waals surface area contributed by atoms with E-state index in [1.54, 1.807) is 6.20 Å². The van der Waals surface area contributed by atoms with Crippen molar-refractivity contribution in [2.75, 3.05) is 17.7 Å². The summed E-state index contributed by atoms with van der Waals surface area (Å²) in [6.45, 7) is 1.94. The van der Waals surface area contributed by atoms with Crippen molar-refractivity contribution in [3.05, 3.63) is 65.1 Å². The molecule has 0 spiro atoms. The van der Waals surface area contributed by atoms with Crippen LogP contribution in [-0.2, 0) is 7.05 Å². The van der Waals surface area contributed by atoms with Crippen LogP contribution in [-0.4, -0.2) is 33.3 Å². The normalized spacial score (nSPS) is 14.7. The van der Waals surface area contributed by atoms with Crippen LogP contribution < -0.4 is 16.0 Å². The number of amides is 1. The zero-order chi connectivity index (χ0) is 23.7. The molecule has 2 aromatic heterocycles. The van der Waals surface area contributed by atoms with E-state index < -0.39 is 17.5 Å². The predicted molar refractivity (Wildman–Crippen MR) is 121 cm³/mol. The number of carbonyl (C=O) groups is 2. The van der Waals surface area contributed by atoms with Crippen LogP contribution in [0.1, 0.15) is 39.8 Å². The number of carbonyl (C=O) groups excluding carboxylic acids is 2. The molecule has 0 radical (unpaired) electrons. The summed E-state index contributed by atoms with van der Waals surface area (Å²) < 4.78 is 29.1. The van der Waals surface area contributed by atoms with Crippen molar-refractivity contribution in [3.8, 4) is 0 Å². The molecule has 33 heavy (non-hydrogen) atoms. The summed E-state index contributed by atoms with van der Waals surface area (Å²) in [4.78, 5) is 33.8. The van der Waals surface area contributed by atoms with Crippen LogP contribution in [0.5, 0.6) is 0 Å². The third-order valence-corrected chi connectivity index (χ3v) is 5.43. The van der Waals surface area contributed by atoms with E-state index in [1.165, 1.54) is 19.3 Å². The number of hydrogen-bond acceptors (Lipinski definition) is 6. The van der Waals surface area contributed by atoms with Gasteiger partial charge in [0.2, 0.25) is 5.95 Å². The molecule has 1 aliphatic rings. The summed E-state index contributed by atoms with van der Waals surface area (Å²) in [6, 6.07) is 3.06. The van der Waals surface area contributed by atoms with Gasteiger partial charge in [0.1, 0.15) is 23.0 Å². The van der Waals surface area contributed by atoms with Crippen molar-refractivity contribution in [3.63, 3.8) is 0 Å². The van der Waals surface area contributed by atoms with E-state index in [2.05, 4.69) is 25.9 Å². The van der Waals surface area contributed by atoms with Crippen LogP contribution in [0, 0.1) is 17.6 Å². The lowest BCUT2D eigenvalue weighted by molar-refractivity contribution is 0.0939. The highest BCUT2D eigenvalue weighted by Gasteiger charge is 2.28. The standard InChI is InChI=1S/C23H22F2N6O2/c1-4-12-5-8-18-19(20(12)32)17(11-31(18)3)28-21-14(22(33)26-2)10-27-23(30-21)29-16-7-6-13(24)9-15(16)25/h5-12H,4H2,1-3H3,(H,26,33)(H2,27,28,29,30). The highest BCUT2D eigenvalue weighted by Crippen LogP contribution is 2.34. The average molecular weight is 452 g/mol. The number of halogens is 2. The summed E-state index contributed by atoms with van der Waals surface area (Å²) >= 11 is 0. The molecular weight excluding hydrogens is 430 g/mol. The molecule has 0 saturated heterocycles. The number of benzene rings is 1. The number of anilines is 4. The van der Waals surface area contributed by atoms with Gasteiger partial charge in [-0.25, -0.2) is 13.8 Å². The van der Waals surface area contributed by atoms with Crippen molar-refractivity contribution in [2.45, 2.75) is 13.3 Å². The second-order valence-corrected chi connectivity index (χ2v) is 7.56. The Kier molecular flexibility index (Phi) is 5.91. The minimum absolute atomic E-state index is 0.0156. The lowest BCUT2D eigenvalue weighted by Gasteiger charge is -2.17. The molecule has 4 rings (SSSR count). The number of nitrogens with zero attached hydrogens (tertiary/aromatic N) is 3. The van der Waals surface area contributed by atoms with Crippen LogP contribution in [0.25, 0.3) is 6.08 Å². The van der Waals surface area contributed by atoms with Crippen molar-refractivity contribution >= 4 is 40.9 Å². The molecule has 1 aromatic carbocycles. The van der Waals surface area contributed by atoms with E-state index in [0.29, 0.717) is 17.7 Å². The van der Waals surface area contributed by atoms with Gasteiger partial charge in [0, 0.05) is 38.5 Å². The monoisotopic (exact) mass is 452 g/mol. The lowest BCUT2D eigenvalue weighted by atomic mass is 9.89. The number of allylic oxidation sites excluding steroid dienone is 1. The fourth-order valence-electron chi connectivity index (χ4n) is 3.68. The maximum absolute atomic E-state index is 14.1. The fourth-order valence-corrected chi connectivity index (χ4v) is 3.68. The Labute approximate surface area is 188 Å². The van der Waals surface area contributed by atoms with Crippen molar-refractivity contribution < 1.29 is 18.4 Å². The number of rotatable bonds is 6. The Hall–Kier alpha value is -4.08. The van der Waals surface area contributed by atoms with E-state index in [9.17, 15) is 18.4 Å². The molecule has 3 aromatic rings. The van der Waals surface area contributed by atoms with Crippen molar-refractivity contribution in [2.24, 2.45) is 13.0 Å². The van der Waals surface area contributed by atoms with Crippen LogP contribution in [0.3, 0.4) is 0 Å². The van der Waals surface area contributed by atoms with Gasteiger partial charge >= 0.3 is 0 Å². The summed E-state index contributed by atoms with van der Waals surface area (Å²) in [7, 11) is 3.29.